The van der Waals surface area contributed by atoms with E-state index < -0.39 is 0 Å². The standard InChI is InChI=1S/C35H29BS/c36-33-12-6-5-11-28(33)21-30-17-18-31-32(27-15-13-23-7-1-3-9-25(23)19-27)22-34(37-35(30)31)29-16-14-24-8-2-4-10-26(24)20-29/h1-4,7-10,12-16,19-22H,5-6,11,17-18,36H2/b28-21+. The Labute approximate surface area is 224 Å². The van der Waals surface area contributed by atoms with Gasteiger partial charge in [-0.1, -0.05) is 108 Å². The van der Waals surface area contributed by atoms with E-state index in [1.807, 2.05) is 11.8 Å². The lowest BCUT2D eigenvalue weighted by molar-refractivity contribution is 0.813. The molecule has 0 N–H and O–H groups in total. The second kappa shape index (κ2) is 9.43. The third kappa shape index (κ3) is 4.24. The van der Waals surface area contributed by atoms with Crippen LogP contribution in [-0.4, -0.2) is 7.85 Å². The lowest BCUT2D eigenvalue weighted by Gasteiger charge is -2.22. The molecule has 3 aliphatic rings. The van der Waals surface area contributed by atoms with E-state index >= 15 is 0 Å². The van der Waals surface area contributed by atoms with Gasteiger partial charge in [0, 0.05) is 9.81 Å². The molecule has 0 atom stereocenters. The van der Waals surface area contributed by atoms with Gasteiger partial charge >= 0.3 is 0 Å². The van der Waals surface area contributed by atoms with Crippen LogP contribution in [-0.2, 0) is 0 Å². The fourth-order valence-corrected chi connectivity index (χ4v) is 7.26. The summed E-state index contributed by atoms with van der Waals surface area (Å²) in [5.41, 5.74) is 10.1. The lowest BCUT2D eigenvalue weighted by Crippen LogP contribution is -1.98. The van der Waals surface area contributed by atoms with E-state index in [2.05, 4.69) is 111 Å². The van der Waals surface area contributed by atoms with Gasteiger partial charge in [-0.2, -0.15) is 0 Å². The van der Waals surface area contributed by atoms with Gasteiger partial charge in [0.2, 0.25) is 0 Å². The van der Waals surface area contributed by atoms with Crippen LogP contribution in [0, 0.1) is 0 Å². The molecule has 0 saturated heterocycles. The highest BCUT2D eigenvalue weighted by molar-refractivity contribution is 8.12. The van der Waals surface area contributed by atoms with E-state index in [1.165, 1.54) is 89.5 Å². The van der Waals surface area contributed by atoms with Crippen LogP contribution in [0.1, 0.15) is 43.2 Å². The predicted octanol–water partition coefficient (Wildman–Crippen LogP) is 9.21. The van der Waals surface area contributed by atoms with Gasteiger partial charge in [0.05, 0.1) is 0 Å². The highest BCUT2D eigenvalue weighted by atomic mass is 32.2. The first-order valence-electron chi connectivity index (χ1n) is 13.5. The first-order chi connectivity index (χ1) is 18.2. The maximum Gasteiger partial charge on any atom is 0.139 e. The molecule has 0 aromatic heterocycles. The van der Waals surface area contributed by atoms with E-state index in [0.29, 0.717) is 0 Å². The Bertz CT molecular complexity index is 1730. The van der Waals surface area contributed by atoms with Crippen molar-refractivity contribution in [2.75, 3.05) is 0 Å². The molecule has 0 unspecified atom stereocenters. The molecule has 0 nitrogen and oxygen atoms in total. The molecule has 37 heavy (non-hydrogen) atoms. The molecule has 0 amide bonds. The third-order valence-corrected chi connectivity index (χ3v) is 9.36. The van der Waals surface area contributed by atoms with E-state index in [0.717, 1.165) is 12.8 Å². The number of allylic oxidation sites excluding steroid dienone is 8. The van der Waals surface area contributed by atoms with E-state index in [-0.39, 0.29) is 0 Å². The molecule has 0 bridgehead atoms. The topological polar surface area (TPSA) is 0 Å². The fourth-order valence-electron chi connectivity index (χ4n) is 5.99. The van der Waals surface area contributed by atoms with Crippen molar-refractivity contribution in [2.24, 2.45) is 0 Å². The van der Waals surface area contributed by atoms with Crippen molar-refractivity contribution in [3.05, 3.63) is 141 Å². The Hall–Kier alpha value is -3.49. The second-order valence-electron chi connectivity index (χ2n) is 10.4. The van der Waals surface area contributed by atoms with Gasteiger partial charge in [0.25, 0.3) is 0 Å². The van der Waals surface area contributed by atoms with Crippen molar-refractivity contribution in [1.29, 1.82) is 0 Å². The fraction of sp³-hybridized carbons (Fsp3) is 0.143. The average Bonchev–Trinajstić information content (AvgIpc) is 3.36. The van der Waals surface area contributed by atoms with Crippen LogP contribution < -0.4 is 0 Å². The van der Waals surface area contributed by atoms with Crippen LogP contribution in [0.2, 0.25) is 0 Å². The van der Waals surface area contributed by atoms with E-state index in [4.69, 9.17) is 0 Å². The first kappa shape index (κ1) is 22.7. The number of hydrogen-bond acceptors (Lipinski definition) is 1. The van der Waals surface area contributed by atoms with Crippen LogP contribution in [0.15, 0.2) is 130 Å². The van der Waals surface area contributed by atoms with Gasteiger partial charge in [-0.3, -0.25) is 0 Å². The summed E-state index contributed by atoms with van der Waals surface area (Å²) < 4.78 is 0. The summed E-state index contributed by atoms with van der Waals surface area (Å²) in [7, 11) is 2.29. The molecule has 2 heteroatoms. The molecule has 0 saturated carbocycles. The molecule has 4 aromatic carbocycles. The highest BCUT2D eigenvalue weighted by Crippen LogP contribution is 2.53. The van der Waals surface area contributed by atoms with Crippen molar-refractivity contribution >= 4 is 51.6 Å². The van der Waals surface area contributed by atoms with Gasteiger partial charge in [-0.15, -0.1) is 0 Å². The Morgan fingerprint density at radius 1 is 0.703 bits per heavy atom. The summed E-state index contributed by atoms with van der Waals surface area (Å²) >= 11 is 1.98. The number of benzene rings is 4. The summed E-state index contributed by atoms with van der Waals surface area (Å²) in [6.07, 6.45) is 13.3. The van der Waals surface area contributed by atoms with Crippen LogP contribution in [0.5, 0.6) is 0 Å². The van der Waals surface area contributed by atoms with Gasteiger partial charge in [-0.05, 0) is 99.7 Å². The largest absolute Gasteiger partial charge is 0.139 e. The normalized spacial score (nSPS) is 19.0. The monoisotopic (exact) mass is 492 g/mol. The Kier molecular flexibility index (Phi) is 5.78. The predicted molar refractivity (Wildman–Crippen MR) is 165 cm³/mol. The maximum absolute atomic E-state index is 2.53. The first-order valence-corrected chi connectivity index (χ1v) is 14.3. The van der Waals surface area contributed by atoms with Gasteiger partial charge < -0.3 is 0 Å². The minimum absolute atomic E-state index is 1.12. The molecule has 4 aromatic rings. The number of rotatable bonds is 3. The van der Waals surface area contributed by atoms with Crippen molar-refractivity contribution in [3.63, 3.8) is 0 Å². The average molecular weight is 492 g/mol. The van der Waals surface area contributed by atoms with Crippen LogP contribution in [0.25, 0.3) is 32.0 Å². The molecule has 1 heterocycles. The molecule has 0 radical (unpaired) electrons. The van der Waals surface area contributed by atoms with Crippen molar-refractivity contribution in [1.82, 2.24) is 0 Å². The maximum atomic E-state index is 2.53. The Balaban J connectivity index is 1.41. The zero-order chi connectivity index (χ0) is 24.8. The molecule has 2 aliphatic carbocycles. The number of hydrogen-bond donors (Lipinski definition) is 0. The lowest BCUT2D eigenvalue weighted by atomic mass is 9.80. The van der Waals surface area contributed by atoms with Crippen LogP contribution in [0.3, 0.4) is 0 Å². The van der Waals surface area contributed by atoms with Crippen molar-refractivity contribution < 1.29 is 0 Å². The molecular formula is C35H29BS. The highest BCUT2D eigenvalue weighted by Gasteiger charge is 2.28. The van der Waals surface area contributed by atoms with E-state index in [1.54, 1.807) is 0 Å². The van der Waals surface area contributed by atoms with Crippen molar-refractivity contribution in [2.45, 2.75) is 32.1 Å². The summed E-state index contributed by atoms with van der Waals surface area (Å²) in [5, 5.41) is 5.20. The third-order valence-electron chi connectivity index (χ3n) is 8.07. The quantitative estimate of drug-likeness (QED) is 0.257. The number of thioether (sulfide) groups is 1. The molecule has 0 fully saturated rings. The minimum atomic E-state index is 1.12. The summed E-state index contributed by atoms with van der Waals surface area (Å²) in [4.78, 5) is 2.83. The molecule has 0 spiro atoms. The Morgan fingerprint density at radius 2 is 1.38 bits per heavy atom. The van der Waals surface area contributed by atoms with Crippen LogP contribution >= 0.6 is 11.8 Å². The number of fused-ring (bicyclic) bond motifs is 3. The van der Waals surface area contributed by atoms with Gasteiger partial charge in [0.15, 0.2) is 0 Å². The Morgan fingerprint density at radius 3 is 2.11 bits per heavy atom. The zero-order valence-corrected chi connectivity index (χ0v) is 22.1. The summed E-state index contributed by atoms with van der Waals surface area (Å²) in [5.74, 6) is 0. The van der Waals surface area contributed by atoms with Gasteiger partial charge in [-0.25, -0.2) is 0 Å². The van der Waals surface area contributed by atoms with Crippen molar-refractivity contribution in [3.8, 4) is 0 Å². The summed E-state index contributed by atoms with van der Waals surface area (Å²) in [6.45, 7) is 0. The molecular weight excluding hydrogens is 463 g/mol. The molecule has 1 aliphatic heterocycles. The second-order valence-corrected chi connectivity index (χ2v) is 11.5. The minimum Gasteiger partial charge on any atom is -0.0906 e. The zero-order valence-electron chi connectivity index (χ0n) is 21.3. The van der Waals surface area contributed by atoms with Gasteiger partial charge in [0.1, 0.15) is 7.85 Å². The molecule has 178 valence electrons. The molecule has 7 rings (SSSR count). The smallest absolute Gasteiger partial charge is 0.0906 e. The SMILES string of the molecule is BC1=CCCC/C1=C\C1=C2SC(c3ccc4ccccc4c3)=CC(c3ccc4ccccc4c3)=C2CC1. The summed E-state index contributed by atoms with van der Waals surface area (Å²) in [6, 6.07) is 31.3. The van der Waals surface area contributed by atoms with Crippen LogP contribution in [0.4, 0.5) is 0 Å². The van der Waals surface area contributed by atoms with E-state index in [9.17, 15) is 0 Å².